The van der Waals surface area contributed by atoms with Crippen molar-refractivity contribution in [2.75, 3.05) is 20.1 Å². The van der Waals surface area contributed by atoms with E-state index >= 15 is 0 Å². The lowest BCUT2D eigenvalue weighted by molar-refractivity contribution is -0.125. The largest absolute Gasteiger partial charge is 0.359 e. The number of piperidine rings is 1. The van der Waals surface area contributed by atoms with Crippen molar-refractivity contribution in [2.45, 2.75) is 19.8 Å². The Bertz CT molecular complexity index is 626. The maximum atomic E-state index is 12.7. The minimum atomic E-state index is 0.0192. The first kappa shape index (κ1) is 17.0. The van der Waals surface area contributed by atoms with Gasteiger partial charge in [-0.2, -0.15) is 0 Å². The smallest absolute Gasteiger partial charge is 0.253 e. The van der Waals surface area contributed by atoms with Gasteiger partial charge >= 0.3 is 0 Å². The van der Waals surface area contributed by atoms with E-state index in [1.54, 1.807) is 13.1 Å². The summed E-state index contributed by atoms with van der Waals surface area (Å²) in [6, 6.07) is 5.67. The van der Waals surface area contributed by atoms with Crippen molar-refractivity contribution >= 4 is 24.0 Å². The summed E-state index contributed by atoms with van der Waals surface area (Å²) in [6.07, 6.45) is 7.16. The van der Waals surface area contributed by atoms with E-state index in [9.17, 15) is 9.59 Å². The van der Waals surface area contributed by atoms with Crippen LogP contribution in [0.5, 0.6) is 0 Å². The SMILES string of the molecule is C=Cc1ccc(C(=O)N2CCC(C(=O)NC)CC2)cc1/C=C\C. The van der Waals surface area contributed by atoms with Gasteiger partial charge in [-0.3, -0.25) is 9.59 Å². The minimum Gasteiger partial charge on any atom is -0.359 e. The summed E-state index contributed by atoms with van der Waals surface area (Å²) in [4.78, 5) is 26.2. The van der Waals surface area contributed by atoms with Gasteiger partial charge in [-0.15, -0.1) is 0 Å². The maximum Gasteiger partial charge on any atom is 0.253 e. The Morgan fingerprint density at radius 3 is 2.52 bits per heavy atom. The van der Waals surface area contributed by atoms with Crippen molar-refractivity contribution in [3.8, 4) is 0 Å². The Kier molecular flexibility index (Phi) is 5.74. The maximum absolute atomic E-state index is 12.7. The Balaban J connectivity index is 2.11. The van der Waals surface area contributed by atoms with Crippen LogP contribution in [0.3, 0.4) is 0 Å². The number of allylic oxidation sites excluding steroid dienone is 1. The van der Waals surface area contributed by atoms with E-state index in [0.29, 0.717) is 18.7 Å². The van der Waals surface area contributed by atoms with Gasteiger partial charge in [-0.05, 0) is 43.0 Å². The molecule has 0 unspecified atom stereocenters. The van der Waals surface area contributed by atoms with E-state index in [1.807, 2.05) is 42.2 Å². The van der Waals surface area contributed by atoms with Gasteiger partial charge in [0, 0.05) is 31.6 Å². The number of carbonyl (C=O) groups excluding carboxylic acids is 2. The number of nitrogens with zero attached hydrogens (tertiary/aromatic N) is 1. The second-order valence-electron chi connectivity index (χ2n) is 5.73. The minimum absolute atomic E-state index is 0.0192. The third-order valence-corrected chi connectivity index (χ3v) is 4.30. The van der Waals surface area contributed by atoms with Gasteiger partial charge in [0.1, 0.15) is 0 Å². The highest BCUT2D eigenvalue weighted by Gasteiger charge is 2.27. The fourth-order valence-corrected chi connectivity index (χ4v) is 2.95. The molecule has 2 rings (SSSR count). The van der Waals surface area contributed by atoms with Gasteiger partial charge in [-0.25, -0.2) is 0 Å². The van der Waals surface area contributed by atoms with Crippen LogP contribution in [0.4, 0.5) is 0 Å². The van der Waals surface area contributed by atoms with Crippen LogP contribution < -0.4 is 5.32 Å². The number of nitrogens with one attached hydrogen (secondary N) is 1. The quantitative estimate of drug-likeness (QED) is 0.929. The van der Waals surface area contributed by atoms with Gasteiger partial charge < -0.3 is 10.2 Å². The summed E-state index contributed by atoms with van der Waals surface area (Å²) in [7, 11) is 1.66. The number of rotatable bonds is 4. The van der Waals surface area contributed by atoms with Crippen LogP contribution in [-0.4, -0.2) is 36.9 Å². The molecule has 2 amide bonds. The topological polar surface area (TPSA) is 49.4 Å². The van der Waals surface area contributed by atoms with Crippen LogP contribution in [0, 0.1) is 5.92 Å². The van der Waals surface area contributed by atoms with E-state index in [1.165, 1.54) is 0 Å². The average molecular weight is 312 g/mol. The van der Waals surface area contributed by atoms with E-state index in [2.05, 4.69) is 11.9 Å². The van der Waals surface area contributed by atoms with Crippen molar-refractivity contribution in [1.29, 1.82) is 0 Å². The molecule has 1 aliphatic rings. The number of benzene rings is 1. The predicted molar refractivity (Wildman–Crippen MR) is 93.9 cm³/mol. The van der Waals surface area contributed by atoms with Gasteiger partial charge in [0.2, 0.25) is 5.91 Å². The highest BCUT2D eigenvalue weighted by molar-refractivity contribution is 5.95. The lowest BCUT2D eigenvalue weighted by Crippen LogP contribution is -2.42. The summed E-state index contributed by atoms with van der Waals surface area (Å²) < 4.78 is 0. The van der Waals surface area contributed by atoms with Gasteiger partial charge in [0.15, 0.2) is 0 Å². The molecule has 4 nitrogen and oxygen atoms in total. The Morgan fingerprint density at radius 1 is 1.26 bits per heavy atom. The van der Waals surface area contributed by atoms with E-state index < -0.39 is 0 Å². The van der Waals surface area contributed by atoms with Crippen molar-refractivity contribution in [3.63, 3.8) is 0 Å². The second-order valence-corrected chi connectivity index (χ2v) is 5.73. The zero-order chi connectivity index (χ0) is 16.8. The molecule has 4 heteroatoms. The molecule has 1 aromatic rings. The van der Waals surface area contributed by atoms with Gasteiger partial charge in [-0.1, -0.05) is 30.9 Å². The molecular formula is C19H24N2O2. The molecule has 1 aliphatic heterocycles. The first-order chi connectivity index (χ1) is 11.1. The average Bonchev–Trinajstić information content (AvgIpc) is 2.60. The molecule has 0 aliphatic carbocycles. The number of hydrogen-bond donors (Lipinski definition) is 1. The number of likely N-dealkylation sites (tertiary alicyclic amines) is 1. The number of amides is 2. The van der Waals surface area contributed by atoms with Gasteiger partial charge in [0.25, 0.3) is 5.91 Å². The first-order valence-corrected chi connectivity index (χ1v) is 8.00. The zero-order valence-electron chi connectivity index (χ0n) is 13.8. The summed E-state index contributed by atoms with van der Waals surface area (Å²) >= 11 is 0. The Morgan fingerprint density at radius 2 is 1.96 bits per heavy atom. The summed E-state index contributed by atoms with van der Waals surface area (Å²) in [5.41, 5.74) is 2.69. The fraction of sp³-hybridized carbons (Fsp3) is 0.368. The highest BCUT2D eigenvalue weighted by atomic mass is 16.2. The van der Waals surface area contributed by atoms with Crippen LogP contribution in [0.15, 0.2) is 30.9 Å². The molecule has 0 aromatic heterocycles. The molecular weight excluding hydrogens is 288 g/mol. The molecule has 1 saturated heterocycles. The van der Waals surface area contributed by atoms with Gasteiger partial charge in [0.05, 0.1) is 0 Å². The van der Waals surface area contributed by atoms with Crippen molar-refractivity contribution < 1.29 is 9.59 Å². The van der Waals surface area contributed by atoms with Crippen molar-refractivity contribution in [3.05, 3.63) is 47.5 Å². The zero-order valence-corrected chi connectivity index (χ0v) is 13.8. The number of hydrogen-bond acceptors (Lipinski definition) is 2. The molecule has 1 heterocycles. The molecule has 0 saturated carbocycles. The third-order valence-electron chi connectivity index (χ3n) is 4.30. The van der Waals surface area contributed by atoms with E-state index in [4.69, 9.17) is 0 Å². The fourth-order valence-electron chi connectivity index (χ4n) is 2.95. The molecule has 1 aromatic carbocycles. The molecule has 0 atom stereocenters. The van der Waals surface area contributed by atoms with Crippen LogP contribution in [0.1, 0.15) is 41.3 Å². The molecule has 122 valence electrons. The lowest BCUT2D eigenvalue weighted by atomic mass is 9.95. The summed E-state index contributed by atoms with van der Waals surface area (Å²) in [5.74, 6) is 0.121. The molecule has 23 heavy (non-hydrogen) atoms. The Hall–Kier alpha value is -2.36. The highest BCUT2D eigenvalue weighted by Crippen LogP contribution is 2.21. The number of carbonyl (C=O) groups is 2. The standard InChI is InChI=1S/C19H24N2O2/c1-4-6-16-13-17(8-7-14(16)5-2)19(23)21-11-9-15(10-12-21)18(22)20-3/h4-8,13,15H,2,9-12H2,1,3H3,(H,20,22)/b6-4-. The predicted octanol–water partition coefficient (Wildman–Crippen LogP) is 2.96. The van der Waals surface area contributed by atoms with Crippen LogP contribution in [0.2, 0.25) is 0 Å². The lowest BCUT2D eigenvalue weighted by Gasteiger charge is -2.31. The first-order valence-electron chi connectivity index (χ1n) is 8.00. The van der Waals surface area contributed by atoms with E-state index in [-0.39, 0.29) is 17.7 Å². The summed E-state index contributed by atoms with van der Waals surface area (Å²) in [6.45, 7) is 7.00. The van der Waals surface area contributed by atoms with Crippen LogP contribution >= 0.6 is 0 Å². The van der Waals surface area contributed by atoms with E-state index in [0.717, 1.165) is 24.0 Å². The molecule has 0 radical (unpaired) electrons. The van der Waals surface area contributed by atoms with Crippen molar-refractivity contribution in [2.24, 2.45) is 5.92 Å². The summed E-state index contributed by atoms with van der Waals surface area (Å²) in [5, 5.41) is 2.69. The normalized spacial score (nSPS) is 15.7. The van der Waals surface area contributed by atoms with Crippen LogP contribution in [-0.2, 0) is 4.79 Å². The molecule has 0 bridgehead atoms. The Labute approximate surface area is 137 Å². The molecule has 1 fully saturated rings. The molecule has 0 spiro atoms. The molecule has 1 N–H and O–H groups in total. The third kappa shape index (κ3) is 3.89. The second kappa shape index (κ2) is 7.77. The van der Waals surface area contributed by atoms with Crippen LogP contribution in [0.25, 0.3) is 12.2 Å². The monoisotopic (exact) mass is 312 g/mol. The van der Waals surface area contributed by atoms with Crippen molar-refractivity contribution in [1.82, 2.24) is 10.2 Å².